The Morgan fingerprint density at radius 3 is 2.67 bits per heavy atom. The van der Waals surface area contributed by atoms with Crippen molar-refractivity contribution in [3.63, 3.8) is 0 Å². The second-order valence-corrected chi connectivity index (χ2v) is 11.3. The summed E-state index contributed by atoms with van der Waals surface area (Å²) in [5.41, 5.74) is -0.980. The van der Waals surface area contributed by atoms with E-state index in [4.69, 9.17) is 0 Å². The molecule has 3 N–H and O–H groups in total. The van der Waals surface area contributed by atoms with E-state index in [0.29, 0.717) is 6.42 Å². The van der Waals surface area contributed by atoms with Crippen LogP contribution in [0.3, 0.4) is 0 Å². The maximum absolute atomic E-state index is 13.3. The molecule has 0 saturated carbocycles. The molecular formula is C18H21N7O6S2. The lowest BCUT2D eigenvalue weighted by atomic mass is 10.1. The molecule has 176 valence electrons. The minimum atomic E-state index is -4.34. The molecular weight excluding hydrogens is 474 g/mol. The molecule has 2 aromatic heterocycles. The van der Waals surface area contributed by atoms with Gasteiger partial charge in [-0.25, -0.2) is 8.42 Å². The molecule has 0 saturated heterocycles. The van der Waals surface area contributed by atoms with Crippen LogP contribution < -0.4 is 15.6 Å². The number of nitrogens with zero attached hydrogens (tertiary/aromatic N) is 5. The molecule has 1 aliphatic rings. The predicted octanol–water partition coefficient (Wildman–Crippen LogP) is 0.575. The van der Waals surface area contributed by atoms with Gasteiger partial charge in [0.05, 0.1) is 11.9 Å². The van der Waals surface area contributed by atoms with Crippen molar-refractivity contribution in [2.24, 2.45) is 10.3 Å². The van der Waals surface area contributed by atoms with Crippen molar-refractivity contribution in [2.75, 3.05) is 16.3 Å². The highest BCUT2D eigenvalue weighted by Crippen LogP contribution is 2.32. The Bertz CT molecular complexity index is 1570. The first-order valence-corrected chi connectivity index (χ1v) is 13.1. The highest BCUT2D eigenvalue weighted by atomic mass is 32.2. The van der Waals surface area contributed by atoms with E-state index in [1.165, 1.54) is 23.0 Å². The zero-order valence-electron chi connectivity index (χ0n) is 17.8. The number of hydrogen-bond acceptors (Lipinski definition) is 9. The summed E-state index contributed by atoms with van der Waals surface area (Å²) in [6, 6.07) is 3.80. The van der Waals surface area contributed by atoms with Gasteiger partial charge in [0.15, 0.2) is 5.84 Å². The van der Waals surface area contributed by atoms with Crippen molar-refractivity contribution in [3.8, 4) is 5.88 Å². The van der Waals surface area contributed by atoms with Crippen molar-refractivity contribution in [1.29, 1.82) is 0 Å². The summed E-state index contributed by atoms with van der Waals surface area (Å²) in [6.07, 6.45) is 2.73. The Morgan fingerprint density at radius 2 is 2.00 bits per heavy atom. The molecule has 0 aliphatic carbocycles. The molecule has 0 bridgehead atoms. The van der Waals surface area contributed by atoms with E-state index < -0.39 is 31.5 Å². The first kappa shape index (κ1) is 22.7. The first-order chi connectivity index (χ1) is 15.4. The maximum atomic E-state index is 13.3. The summed E-state index contributed by atoms with van der Waals surface area (Å²) in [6.45, 7) is 4.23. The van der Waals surface area contributed by atoms with Crippen LogP contribution in [0.2, 0.25) is 0 Å². The quantitative estimate of drug-likeness (QED) is 0.441. The topological polar surface area (TPSA) is 177 Å². The molecule has 0 radical (unpaired) electrons. The van der Waals surface area contributed by atoms with Gasteiger partial charge in [0.2, 0.25) is 21.7 Å². The number of benzene rings is 1. The number of amidine groups is 1. The van der Waals surface area contributed by atoms with Gasteiger partial charge >= 0.3 is 0 Å². The summed E-state index contributed by atoms with van der Waals surface area (Å²) >= 11 is 0. The minimum absolute atomic E-state index is 0.0307. The van der Waals surface area contributed by atoms with Gasteiger partial charge in [-0.2, -0.15) is 23.0 Å². The van der Waals surface area contributed by atoms with Crippen molar-refractivity contribution in [2.45, 2.75) is 31.7 Å². The number of sulfonamides is 2. The lowest BCUT2D eigenvalue weighted by Crippen LogP contribution is -2.34. The summed E-state index contributed by atoms with van der Waals surface area (Å²) in [5, 5.41) is 17.4. The van der Waals surface area contributed by atoms with Crippen molar-refractivity contribution < 1.29 is 21.9 Å². The number of aryl methyl sites for hydroxylation is 1. The number of aromatic nitrogens is 4. The third-order valence-electron chi connectivity index (χ3n) is 4.85. The third kappa shape index (κ3) is 4.28. The Morgan fingerprint density at radius 1 is 1.27 bits per heavy atom. The van der Waals surface area contributed by atoms with Crippen LogP contribution in [-0.4, -0.2) is 53.2 Å². The van der Waals surface area contributed by atoms with Crippen LogP contribution in [0.1, 0.15) is 25.8 Å². The molecule has 3 heterocycles. The molecule has 13 nitrogen and oxygen atoms in total. The summed E-state index contributed by atoms with van der Waals surface area (Å²) in [5.74, 6) is -0.625. The van der Waals surface area contributed by atoms with Crippen LogP contribution in [0.5, 0.6) is 5.88 Å². The average molecular weight is 496 g/mol. The van der Waals surface area contributed by atoms with E-state index in [2.05, 4.69) is 24.5 Å². The van der Waals surface area contributed by atoms with Crippen LogP contribution in [0.4, 0.5) is 11.4 Å². The fraction of sp³-hybridized carbons (Fsp3) is 0.333. The second kappa shape index (κ2) is 7.84. The molecule has 0 amide bonds. The first-order valence-electron chi connectivity index (χ1n) is 9.77. The number of hydrogen-bond donors (Lipinski definition) is 3. The number of nitrogens with one attached hydrogen (secondary N) is 2. The van der Waals surface area contributed by atoms with Crippen molar-refractivity contribution >= 4 is 43.0 Å². The zero-order chi connectivity index (χ0) is 24.1. The summed E-state index contributed by atoms with van der Waals surface area (Å²) < 4.78 is 56.9. The smallest absolute Gasteiger partial charge is 0.286 e. The van der Waals surface area contributed by atoms with E-state index in [1.54, 1.807) is 0 Å². The molecule has 33 heavy (non-hydrogen) atoms. The van der Waals surface area contributed by atoms with Gasteiger partial charge in [0.1, 0.15) is 16.8 Å². The van der Waals surface area contributed by atoms with Crippen LogP contribution in [0.15, 0.2) is 38.6 Å². The molecule has 0 unspecified atom stereocenters. The molecule has 0 atom stereocenters. The molecule has 3 aromatic rings. The predicted molar refractivity (Wildman–Crippen MR) is 121 cm³/mol. The van der Waals surface area contributed by atoms with Crippen molar-refractivity contribution in [3.05, 3.63) is 40.4 Å². The Labute approximate surface area is 188 Å². The fourth-order valence-corrected chi connectivity index (χ4v) is 5.04. The highest BCUT2D eigenvalue weighted by Gasteiger charge is 2.31. The molecule has 15 heteroatoms. The maximum Gasteiger partial charge on any atom is 0.286 e. The standard InChI is InChI=1S/C18H21N7O6S2/c1-10(2)6-7-24-16(26)14(17(27)25-18(24)19-9-20-25)15-21-12-5-4-11(22-32(3,28)29)8-13(12)33(30,31)23-15/h4-5,8-10,22,27H,6-7H2,1-3H3,(H,21,23). The van der Waals surface area contributed by atoms with E-state index in [9.17, 15) is 26.7 Å². The van der Waals surface area contributed by atoms with E-state index in [-0.39, 0.29) is 45.9 Å². The SMILES string of the molecule is CC(C)CCn1c(=O)c(C2=NS(=O)(=O)c3cc(NS(C)(=O)=O)ccc3N2)c(O)n2ncnc12. The van der Waals surface area contributed by atoms with Gasteiger partial charge < -0.3 is 10.4 Å². The van der Waals surface area contributed by atoms with Crippen LogP contribution >= 0.6 is 0 Å². The average Bonchev–Trinajstić information content (AvgIpc) is 3.16. The summed E-state index contributed by atoms with van der Waals surface area (Å²) in [4.78, 5) is 17.0. The van der Waals surface area contributed by atoms with E-state index in [0.717, 1.165) is 16.8 Å². The highest BCUT2D eigenvalue weighted by molar-refractivity contribution is 7.92. The lowest BCUT2D eigenvalue weighted by molar-refractivity contribution is 0.425. The molecule has 4 rings (SSSR count). The van der Waals surface area contributed by atoms with Crippen molar-refractivity contribution in [1.82, 2.24) is 19.2 Å². The fourth-order valence-electron chi connectivity index (χ4n) is 3.34. The monoisotopic (exact) mass is 495 g/mol. The number of fused-ring (bicyclic) bond motifs is 2. The Balaban J connectivity index is 1.86. The number of anilines is 2. The lowest BCUT2D eigenvalue weighted by Gasteiger charge is -2.20. The largest absolute Gasteiger partial charge is 0.492 e. The van der Waals surface area contributed by atoms with Gasteiger partial charge in [-0.15, -0.1) is 4.40 Å². The van der Waals surface area contributed by atoms with Crippen LogP contribution in [-0.2, 0) is 26.6 Å². The second-order valence-electron chi connectivity index (χ2n) is 7.93. The van der Waals surface area contributed by atoms with Gasteiger partial charge in [-0.1, -0.05) is 13.8 Å². The molecule has 1 aliphatic heterocycles. The van der Waals surface area contributed by atoms with Crippen LogP contribution in [0, 0.1) is 5.92 Å². The van der Waals surface area contributed by atoms with Gasteiger partial charge in [0, 0.05) is 12.2 Å². The summed E-state index contributed by atoms with van der Waals surface area (Å²) in [7, 11) is -7.97. The van der Waals surface area contributed by atoms with Gasteiger partial charge in [0.25, 0.3) is 15.6 Å². The minimum Gasteiger partial charge on any atom is -0.492 e. The molecule has 1 aromatic carbocycles. The molecule has 0 spiro atoms. The van der Waals surface area contributed by atoms with Crippen LogP contribution in [0.25, 0.3) is 5.78 Å². The normalized spacial score (nSPS) is 15.2. The molecule has 0 fully saturated rings. The van der Waals surface area contributed by atoms with Gasteiger partial charge in [-0.05, 0) is 30.5 Å². The Kier molecular flexibility index (Phi) is 5.40. The third-order valence-corrected chi connectivity index (χ3v) is 6.77. The number of rotatable bonds is 6. The Hall–Kier alpha value is -3.46. The zero-order valence-corrected chi connectivity index (χ0v) is 19.5. The number of aromatic hydroxyl groups is 1. The van der Waals surface area contributed by atoms with Gasteiger partial charge in [-0.3, -0.25) is 14.1 Å². The van der Waals surface area contributed by atoms with E-state index in [1.807, 2.05) is 13.8 Å². The van der Waals surface area contributed by atoms with E-state index >= 15 is 0 Å².